The van der Waals surface area contributed by atoms with Crippen LogP contribution >= 0.6 is 0 Å². The summed E-state index contributed by atoms with van der Waals surface area (Å²) >= 11 is 0. The van der Waals surface area contributed by atoms with Gasteiger partial charge in [-0.15, -0.1) is 0 Å². The third-order valence-electron chi connectivity index (χ3n) is 4.11. The van der Waals surface area contributed by atoms with Crippen LogP contribution in [0.5, 0.6) is 0 Å². The minimum Gasteiger partial charge on any atom is -0.371 e. The van der Waals surface area contributed by atoms with Gasteiger partial charge in [-0.05, 0) is 44.8 Å². The fraction of sp³-hybridized carbons (Fsp3) is 0.600. The van der Waals surface area contributed by atoms with Gasteiger partial charge in [0.2, 0.25) is 0 Å². The van der Waals surface area contributed by atoms with Gasteiger partial charge in [0.05, 0.1) is 10.5 Å². The Kier molecular flexibility index (Phi) is 4.95. The molecule has 0 aromatic heterocycles. The van der Waals surface area contributed by atoms with Gasteiger partial charge in [0.1, 0.15) is 0 Å². The number of nitrogens with one attached hydrogen (secondary N) is 1. The maximum absolute atomic E-state index is 11.0. The van der Waals surface area contributed by atoms with Crippen LogP contribution in [-0.4, -0.2) is 31.1 Å². The van der Waals surface area contributed by atoms with Crippen molar-refractivity contribution in [2.24, 2.45) is 5.92 Å². The average molecular weight is 277 g/mol. The highest BCUT2D eigenvalue weighted by Gasteiger charge is 2.22. The number of nitrogens with zero attached hydrogens (tertiary/aromatic N) is 2. The van der Waals surface area contributed by atoms with Crippen molar-refractivity contribution >= 4 is 11.4 Å². The lowest BCUT2D eigenvalue weighted by molar-refractivity contribution is -0.385. The van der Waals surface area contributed by atoms with Crippen molar-refractivity contribution < 1.29 is 4.92 Å². The molecule has 2 rings (SSSR count). The second-order valence-corrected chi connectivity index (χ2v) is 5.42. The van der Waals surface area contributed by atoms with Gasteiger partial charge in [0, 0.05) is 24.8 Å². The number of hydrogen-bond acceptors (Lipinski definition) is 4. The summed E-state index contributed by atoms with van der Waals surface area (Å²) in [5, 5.41) is 14.4. The van der Waals surface area contributed by atoms with E-state index in [1.54, 1.807) is 12.1 Å². The minimum atomic E-state index is -0.295. The zero-order chi connectivity index (χ0) is 14.5. The highest BCUT2D eigenvalue weighted by Crippen LogP contribution is 2.31. The van der Waals surface area contributed by atoms with Crippen LogP contribution in [0, 0.1) is 23.0 Å². The molecule has 0 amide bonds. The van der Waals surface area contributed by atoms with E-state index in [1.807, 2.05) is 13.0 Å². The first-order valence-electron chi connectivity index (χ1n) is 7.33. The zero-order valence-corrected chi connectivity index (χ0v) is 12.3. The van der Waals surface area contributed by atoms with Gasteiger partial charge < -0.3 is 10.2 Å². The summed E-state index contributed by atoms with van der Waals surface area (Å²) in [6.07, 6.45) is 2.30. The first-order chi connectivity index (χ1) is 9.63. The molecule has 1 heterocycles. The van der Waals surface area contributed by atoms with Gasteiger partial charge >= 0.3 is 0 Å². The van der Waals surface area contributed by atoms with Gasteiger partial charge in [-0.2, -0.15) is 0 Å². The summed E-state index contributed by atoms with van der Waals surface area (Å²) < 4.78 is 0. The molecule has 0 spiro atoms. The third kappa shape index (κ3) is 3.28. The fourth-order valence-electron chi connectivity index (χ4n) is 2.88. The lowest BCUT2D eigenvalue weighted by Gasteiger charge is -2.34. The molecule has 0 radical (unpaired) electrons. The van der Waals surface area contributed by atoms with Crippen LogP contribution in [0.25, 0.3) is 0 Å². The summed E-state index contributed by atoms with van der Waals surface area (Å²) in [5.41, 5.74) is 2.01. The maximum atomic E-state index is 11.0. The average Bonchev–Trinajstić information content (AvgIpc) is 2.46. The summed E-state index contributed by atoms with van der Waals surface area (Å²) in [4.78, 5) is 13.0. The van der Waals surface area contributed by atoms with Gasteiger partial charge in [-0.25, -0.2) is 0 Å². The Morgan fingerprint density at radius 3 is 2.70 bits per heavy atom. The quantitative estimate of drug-likeness (QED) is 0.664. The number of nitro benzene ring substituents is 1. The van der Waals surface area contributed by atoms with Crippen LogP contribution in [0.15, 0.2) is 18.2 Å². The molecule has 0 bridgehead atoms. The van der Waals surface area contributed by atoms with Crippen LogP contribution < -0.4 is 10.2 Å². The normalized spacial score (nSPS) is 16.4. The molecular weight excluding hydrogens is 254 g/mol. The Labute approximate surface area is 120 Å². The largest absolute Gasteiger partial charge is 0.371 e. The molecule has 110 valence electrons. The van der Waals surface area contributed by atoms with E-state index in [9.17, 15) is 10.1 Å². The SMILES string of the molecule is CCNCC1CCN(c2cccc([N+](=O)[O-])c2C)CC1. The summed E-state index contributed by atoms with van der Waals surface area (Å²) in [6.45, 7) is 8.04. The number of piperidine rings is 1. The Morgan fingerprint density at radius 1 is 1.40 bits per heavy atom. The molecule has 0 saturated carbocycles. The Balaban J connectivity index is 2.04. The van der Waals surface area contributed by atoms with E-state index >= 15 is 0 Å². The topological polar surface area (TPSA) is 58.4 Å². The van der Waals surface area contributed by atoms with E-state index in [1.165, 1.54) is 0 Å². The van der Waals surface area contributed by atoms with Crippen molar-refractivity contribution in [3.05, 3.63) is 33.9 Å². The van der Waals surface area contributed by atoms with Gasteiger partial charge in [0.15, 0.2) is 0 Å². The number of hydrogen-bond donors (Lipinski definition) is 1. The molecule has 1 aliphatic rings. The number of benzene rings is 1. The van der Waals surface area contributed by atoms with Crippen LogP contribution in [0.1, 0.15) is 25.3 Å². The summed E-state index contributed by atoms with van der Waals surface area (Å²) in [7, 11) is 0. The lowest BCUT2D eigenvalue weighted by atomic mass is 9.95. The molecule has 1 saturated heterocycles. The van der Waals surface area contributed by atoms with Crippen molar-refractivity contribution in [2.45, 2.75) is 26.7 Å². The molecular formula is C15H23N3O2. The standard InChI is InChI=1S/C15H23N3O2/c1-3-16-11-13-7-9-17(10-8-13)14-5-4-6-15(12(14)2)18(19)20/h4-6,13,16H,3,7-11H2,1-2H3. The van der Waals surface area contributed by atoms with E-state index < -0.39 is 0 Å². The smallest absolute Gasteiger partial charge is 0.274 e. The monoisotopic (exact) mass is 277 g/mol. The number of anilines is 1. The van der Waals surface area contributed by atoms with Crippen molar-refractivity contribution in [1.29, 1.82) is 0 Å². The highest BCUT2D eigenvalue weighted by molar-refractivity contribution is 5.61. The maximum Gasteiger partial charge on any atom is 0.274 e. The Bertz CT molecular complexity index is 468. The van der Waals surface area contributed by atoms with Crippen LogP contribution in [-0.2, 0) is 0 Å². The van der Waals surface area contributed by atoms with Gasteiger partial charge in [-0.1, -0.05) is 13.0 Å². The molecule has 1 aromatic carbocycles. The van der Waals surface area contributed by atoms with Crippen molar-refractivity contribution in [3.63, 3.8) is 0 Å². The van der Waals surface area contributed by atoms with E-state index in [0.29, 0.717) is 0 Å². The molecule has 1 N–H and O–H groups in total. The van der Waals surface area contributed by atoms with Crippen molar-refractivity contribution in [2.75, 3.05) is 31.1 Å². The number of rotatable bonds is 5. The number of nitro groups is 1. The lowest BCUT2D eigenvalue weighted by Crippen LogP contribution is -2.37. The van der Waals surface area contributed by atoms with E-state index in [4.69, 9.17) is 0 Å². The summed E-state index contributed by atoms with van der Waals surface area (Å²) in [6, 6.07) is 5.36. The second kappa shape index (κ2) is 6.70. The van der Waals surface area contributed by atoms with Gasteiger partial charge in [0.25, 0.3) is 5.69 Å². The molecule has 1 aliphatic heterocycles. The van der Waals surface area contributed by atoms with Crippen molar-refractivity contribution in [1.82, 2.24) is 5.32 Å². The molecule has 1 aromatic rings. The predicted octanol–water partition coefficient (Wildman–Crippen LogP) is 2.73. The molecule has 0 aliphatic carbocycles. The second-order valence-electron chi connectivity index (χ2n) is 5.42. The van der Waals surface area contributed by atoms with E-state index in [-0.39, 0.29) is 10.6 Å². The molecule has 0 unspecified atom stereocenters. The molecule has 0 atom stereocenters. The van der Waals surface area contributed by atoms with Crippen molar-refractivity contribution in [3.8, 4) is 0 Å². The summed E-state index contributed by atoms with van der Waals surface area (Å²) in [5.74, 6) is 0.727. The fourth-order valence-corrected chi connectivity index (χ4v) is 2.88. The van der Waals surface area contributed by atoms with Crippen LogP contribution in [0.3, 0.4) is 0 Å². The predicted molar refractivity (Wildman–Crippen MR) is 81.3 cm³/mol. The highest BCUT2D eigenvalue weighted by atomic mass is 16.6. The molecule has 5 heteroatoms. The Morgan fingerprint density at radius 2 is 2.10 bits per heavy atom. The molecule has 1 fully saturated rings. The van der Waals surface area contributed by atoms with Crippen LogP contribution in [0.4, 0.5) is 11.4 Å². The zero-order valence-electron chi connectivity index (χ0n) is 12.3. The van der Waals surface area contributed by atoms with Crippen LogP contribution in [0.2, 0.25) is 0 Å². The van der Waals surface area contributed by atoms with E-state index in [0.717, 1.165) is 56.2 Å². The Hall–Kier alpha value is -1.62. The first kappa shape index (κ1) is 14.8. The van der Waals surface area contributed by atoms with Gasteiger partial charge in [-0.3, -0.25) is 10.1 Å². The molecule has 20 heavy (non-hydrogen) atoms. The third-order valence-corrected chi connectivity index (χ3v) is 4.11. The molecule has 5 nitrogen and oxygen atoms in total. The van der Waals surface area contributed by atoms with E-state index in [2.05, 4.69) is 17.1 Å². The first-order valence-corrected chi connectivity index (χ1v) is 7.33. The minimum absolute atomic E-state index is 0.220.